The summed E-state index contributed by atoms with van der Waals surface area (Å²) in [5.41, 5.74) is 2.20. The first-order valence-electron chi connectivity index (χ1n) is 9.89. The van der Waals surface area contributed by atoms with Crippen LogP contribution in [-0.2, 0) is 6.54 Å². The van der Waals surface area contributed by atoms with Crippen LogP contribution in [0.5, 0.6) is 0 Å². The van der Waals surface area contributed by atoms with Gasteiger partial charge in [-0.05, 0) is 48.6 Å². The van der Waals surface area contributed by atoms with Crippen LogP contribution in [-0.4, -0.2) is 28.7 Å². The number of fused-ring (bicyclic) bond motifs is 1. The molecular formula is C23H24N2O3. The first-order valence-corrected chi connectivity index (χ1v) is 9.89. The number of carbonyl (C=O) groups excluding carboxylic acids is 3. The van der Waals surface area contributed by atoms with E-state index in [0.29, 0.717) is 22.6 Å². The Labute approximate surface area is 164 Å². The number of rotatable bonds is 4. The second kappa shape index (κ2) is 7.58. The van der Waals surface area contributed by atoms with Gasteiger partial charge in [0.15, 0.2) is 0 Å². The van der Waals surface area contributed by atoms with Crippen LogP contribution in [0.1, 0.15) is 69.2 Å². The highest BCUT2D eigenvalue weighted by atomic mass is 16.2. The lowest BCUT2D eigenvalue weighted by atomic mass is 9.86. The maximum atomic E-state index is 12.7. The van der Waals surface area contributed by atoms with Gasteiger partial charge in [-0.2, -0.15) is 0 Å². The zero-order valence-corrected chi connectivity index (χ0v) is 16.0. The van der Waals surface area contributed by atoms with Crippen molar-refractivity contribution in [3.63, 3.8) is 0 Å². The molecule has 5 heteroatoms. The van der Waals surface area contributed by atoms with Gasteiger partial charge in [-0.25, -0.2) is 0 Å². The van der Waals surface area contributed by atoms with Gasteiger partial charge in [0.25, 0.3) is 17.7 Å². The van der Waals surface area contributed by atoms with Crippen LogP contribution in [0.15, 0.2) is 48.5 Å². The van der Waals surface area contributed by atoms with Crippen molar-refractivity contribution in [1.82, 2.24) is 10.2 Å². The molecule has 1 fully saturated rings. The van der Waals surface area contributed by atoms with Crippen LogP contribution in [0.4, 0.5) is 0 Å². The van der Waals surface area contributed by atoms with E-state index >= 15 is 0 Å². The SMILES string of the molecule is C[C@@H]1CCCC[C@H]1NC(=O)c1cccc(CN2C(=O)c3ccccc3C2=O)c1. The van der Waals surface area contributed by atoms with Crippen molar-refractivity contribution in [2.75, 3.05) is 0 Å². The van der Waals surface area contributed by atoms with Gasteiger partial charge in [0.05, 0.1) is 17.7 Å². The summed E-state index contributed by atoms with van der Waals surface area (Å²) in [5, 5.41) is 3.15. The molecule has 0 saturated heterocycles. The van der Waals surface area contributed by atoms with Crippen LogP contribution in [0.2, 0.25) is 0 Å². The molecule has 0 radical (unpaired) electrons. The highest BCUT2D eigenvalue weighted by Gasteiger charge is 2.35. The molecule has 2 atom stereocenters. The summed E-state index contributed by atoms with van der Waals surface area (Å²) in [6.45, 7) is 2.34. The second-order valence-electron chi connectivity index (χ2n) is 7.78. The highest BCUT2D eigenvalue weighted by Crippen LogP contribution is 2.25. The molecule has 0 unspecified atom stereocenters. The van der Waals surface area contributed by atoms with E-state index in [0.717, 1.165) is 24.8 Å². The molecule has 1 aliphatic carbocycles. The van der Waals surface area contributed by atoms with Crippen molar-refractivity contribution >= 4 is 17.7 Å². The molecule has 3 amide bonds. The summed E-state index contributed by atoms with van der Waals surface area (Å²) in [4.78, 5) is 39.0. The van der Waals surface area contributed by atoms with Crippen molar-refractivity contribution in [3.8, 4) is 0 Å². The van der Waals surface area contributed by atoms with Crippen molar-refractivity contribution in [2.24, 2.45) is 5.92 Å². The first kappa shape index (κ1) is 18.4. The van der Waals surface area contributed by atoms with E-state index in [-0.39, 0.29) is 30.3 Å². The minimum Gasteiger partial charge on any atom is -0.349 e. The van der Waals surface area contributed by atoms with E-state index in [4.69, 9.17) is 0 Å². The molecular weight excluding hydrogens is 352 g/mol. The van der Waals surface area contributed by atoms with Gasteiger partial charge in [-0.1, -0.05) is 44.0 Å². The third kappa shape index (κ3) is 3.44. The van der Waals surface area contributed by atoms with Crippen molar-refractivity contribution in [2.45, 2.75) is 45.2 Å². The molecule has 2 aromatic carbocycles. The summed E-state index contributed by atoms with van der Waals surface area (Å²) < 4.78 is 0. The van der Waals surface area contributed by atoms with E-state index in [1.54, 1.807) is 42.5 Å². The monoisotopic (exact) mass is 376 g/mol. The zero-order chi connectivity index (χ0) is 19.7. The van der Waals surface area contributed by atoms with E-state index in [9.17, 15) is 14.4 Å². The fourth-order valence-electron chi connectivity index (χ4n) is 4.16. The van der Waals surface area contributed by atoms with Crippen molar-refractivity contribution in [1.29, 1.82) is 0 Å². The average molecular weight is 376 g/mol. The van der Waals surface area contributed by atoms with Gasteiger partial charge in [0.2, 0.25) is 0 Å². The molecule has 1 aliphatic heterocycles. The molecule has 0 aromatic heterocycles. The minimum absolute atomic E-state index is 0.0945. The molecule has 0 spiro atoms. The predicted octanol–water partition coefficient (Wildman–Crippen LogP) is 3.79. The van der Waals surface area contributed by atoms with Crippen molar-refractivity contribution in [3.05, 3.63) is 70.8 Å². The van der Waals surface area contributed by atoms with Crippen LogP contribution >= 0.6 is 0 Å². The van der Waals surface area contributed by atoms with Crippen LogP contribution in [0.25, 0.3) is 0 Å². The summed E-state index contributed by atoms with van der Waals surface area (Å²) >= 11 is 0. The lowest BCUT2D eigenvalue weighted by Gasteiger charge is -2.29. The molecule has 5 nitrogen and oxygen atoms in total. The number of hydrogen-bond acceptors (Lipinski definition) is 3. The van der Waals surface area contributed by atoms with Crippen LogP contribution < -0.4 is 5.32 Å². The molecule has 144 valence electrons. The molecule has 0 bridgehead atoms. The molecule has 2 aliphatic rings. The Kier molecular flexibility index (Phi) is 4.99. The Balaban J connectivity index is 1.48. The van der Waals surface area contributed by atoms with Crippen molar-refractivity contribution < 1.29 is 14.4 Å². The lowest BCUT2D eigenvalue weighted by molar-refractivity contribution is 0.0642. The Morgan fingerprint density at radius 1 is 1.00 bits per heavy atom. The minimum atomic E-state index is -0.286. The van der Waals surface area contributed by atoms with Gasteiger partial charge in [0, 0.05) is 11.6 Å². The quantitative estimate of drug-likeness (QED) is 0.826. The Morgan fingerprint density at radius 2 is 1.68 bits per heavy atom. The lowest BCUT2D eigenvalue weighted by Crippen LogP contribution is -2.41. The molecule has 2 aromatic rings. The van der Waals surface area contributed by atoms with E-state index < -0.39 is 0 Å². The zero-order valence-electron chi connectivity index (χ0n) is 16.0. The summed E-state index contributed by atoms with van der Waals surface area (Å²) in [6.07, 6.45) is 4.53. The summed E-state index contributed by atoms with van der Waals surface area (Å²) in [5.74, 6) is -0.180. The maximum absolute atomic E-state index is 12.7. The standard InChI is InChI=1S/C23H24N2O3/c1-15-7-2-5-12-20(15)24-21(26)17-9-6-8-16(13-17)14-25-22(27)18-10-3-4-11-19(18)23(25)28/h3-4,6,8-11,13,15,20H,2,5,7,12,14H2,1H3,(H,24,26)/t15-,20-/m1/s1. The van der Waals surface area contributed by atoms with Gasteiger partial charge < -0.3 is 5.32 Å². The van der Waals surface area contributed by atoms with Gasteiger partial charge in [-0.15, -0.1) is 0 Å². The number of amides is 3. The number of nitrogens with one attached hydrogen (secondary N) is 1. The number of imide groups is 1. The van der Waals surface area contributed by atoms with Gasteiger partial charge in [0.1, 0.15) is 0 Å². The predicted molar refractivity (Wildman–Crippen MR) is 106 cm³/mol. The molecule has 1 N–H and O–H groups in total. The molecule has 1 heterocycles. The average Bonchev–Trinajstić information content (AvgIpc) is 2.95. The fraction of sp³-hybridized carbons (Fsp3) is 0.348. The van der Waals surface area contributed by atoms with E-state index in [2.05, 4.69) is 12.2 Å². The summed E-state index contributed by atoms with van der Waals surface area (Å²) in [6, 6.07) is 14.2. The molecule has 28 heavy (non-hydrogen) atoms. The Morgan fingerprint density at radius 3 is 2.36 bits per heavy atom. The molecule has 1 saturated carbocycles. The van der Waals surface area contributed by atoms with Crippen LogP contribution in [0.3, 0.4) is 0 Å². The maximum Gasteiger partial charge on any atom is 0.261 e. The third-order valence-electron chi connectivity index (χ3n) is 5.84. The third-order valence-corrected chi connectivity index (χ3v) is 5.84. The number of nitrogens with zero attached hydrogens (tertiary/aromatic N) is 1. The van der Waals surface area contributed by atoms with Gasteiger partial charge in [-0.3, -0.25) is 19.3 Å². The van der Waals surface area contributed by atoms with Gasteiger partial charge >= 0.3 is 0 Å². The van der Waals surface area contributed by atoms with E-state index in [1.807, 2.05) is 6.07 Å². The number of benzene rings is 2. The number of carbonyl (C=O) groups is 3. The topological polar surface area (TPSA) is 66.5 Å². The second-order valence-corrected chi connectivity index (χ2v) is 7.78. The fourth-order valence-corrected chi connectivity index (χ4v) is 4.16. The molecule has 4 rings (SSSR count). The Hall–Kier alpha value is -2.95. The number of hydrogen-bond donors (Lipinski definition) is 1. The smallest absolute Gasteiger partial charge is 0.261 e. The first-order chi connectivity index (χ1) is 13.5. The van der Waals surface area contributed by atoms with Crippen LogP contribution in [0, 0.1) is 5.92 Å². The van der Waals surface area contributed by atoms with E-state index in [1.165, 1.54) is 11.3 Å². The summed E-state index contributed by atoms with van der Waals surface area (Å²) in [7, 11) is 0. The largest absolute Gasteiger partial charge is 0.349 e. The Bertz CT molecular complexity index is 902. The highest BCUT2D eigenvalue weighted by molar-refractivity contribution is 6.21. The normalized spacial score (nSPS) is 21.5.